The molecule has 7 nitrogen and oxygen atoms in total. The first kappa shape index (κ1) is 14.3. The minimum atomic E-state index is -0.0788. The molecule has 4 rings (SSSR count). The van der Waals surface area contributed by atoms with Crippen LogP contribution in [0.3, 0.4) is 0 Å². The fourth-order valence-corrected chi connectivity index (χ4v) is 3.90. The molecule has 2 aromatic rings. The lowest BCUT2D eigenvalue weighted by Gasteiger charge is -2.21. The molecule has 2 saturated heterocycles. The van der Waals surface area contributed by atoms with Crippen molar-refractivity contribution < 1.29 is 9.59 Å². The van der Waals surface area contributed by atoms with Gasteiger partial charge in [-0.25, -0.2) is 9.97 Å². The summed E-state index contributed by atoms with van der Waals surface area (Å²) in [5, 5.41) is 1.78. The number of hydrogen-bond acceptors (Lipinski definition) is 6. The lowest BCUT2D eigenvalue weighted by molar-refractivity contribution is 0.0732. The van der Waals surface area contributed by atoms with Crippen LogP contribution in [0.2, 0.25) is 0 Å². The van der Waals surface area contributed by atoms with E-state index in [1.54, 1.807) is 17.1 Å². The summed E-state index contributed by atoms with van der Waals surface area (Å²) in [7, 11) is 0. The Morgan fingerprint density at radius 3 is 2.13 bits per heavy atom. The minimum Gasteiger partial charge on any atom is -0.337 e. The van der Waals surface area contributed by atoms with E-state index >= 15 is 0 Å². The van der Waals surface area contributed by atoms with E-state index < -0.39 is 0 Å². The second-order valence-electron chi connectivity index (χ2n) is 5.90. The first-order chi connectivity index (χ1) is 11.2. The maximum atomic E-state index is 12.4. The van der Waals surface area contributed by atoms with Gasteiger partial charge >= 0.3 is 0 Å². The first-order valence-electron chi connectivity index (χ1n) is 7.45. The van der Waals surface area contributed by atoms with Crippen molar-refractivity contribution in [1.82, 2.24) is 24.8 Å². The van der Waals surface area contributed by atoms with Crippen LogP contribution in [0.15, 0.2) is 29.5 Å². The van der Waals surface area contributed by atoms with Gasteiger partial charge in [0.15, 0.2) is 0 Å². The number of carbonyl (C=O) groups is 2. The van der Waals surface area contributed by atoms with Crippen LogP contribution >= 0.6 is 11.3 Å². The Morgan fingerprint density at radius 1 is 0.957 bits per heavy atom. The standard InChI is InChI=1S/C15H15N5O2S/c21-14(12-3-16-1-2-17-12)19-4-10-6-20(7-11(10)5-19)15(22)13-8-23-9-18-13/h1-3,8-11H,4-7H2/t10-,11-/m0/s1. The topological polar surface area (TPSA) is 79.3 Å². The summed E-state index contributed by atoms with van der Waals surface area (Å²) in [6, 6.07) is 0. The third-order valence-corrected chi connectivity index (χ3v) is 5.08. The Bertz CT molecular complexity index is 707. The van der Waals surface area contributed by atoms with E-state index in [0.29, 0.717) is 49.4 Å². The van der Waals surface area contributed by atoms with Gasteiger partial charge in [0.05, 0.1) is 11.7 Å². The molecule has 0 bridgehead atoms. The van der Waals surface area contributed by atoms with Crippen molar-refractivity contribution in [2.75, 3.05) is 26.2 Å². The highest BCUT2D eigenvalue weighted by Gasteiger charge is 2.43. The molecule has 0 N–H and O–H groups in total. The number of fused-ring (bicyclic) bond motifs is 1. The van der Waals surface area contributed by atoms with Gasteiger partial charge in [0.2, 0.25) is 0 Å². The van der Waals surface area contributed by atoms with Gasteiger partial charge in [-0.15, -0.1) is 11.3 Å². The average molecular weight is 329 g/mol. The predicted molar refractivity (Wildman–Crippen MR) is 82.9 cm³/mol. The molecule has 0 aromatic carbocycles. The van der Waals surface area contributed by atoms with Gasteiger partial charge in [-0.1, -0.05) is 0 Å². The zero-order chi connectivity index (χ0) is 15.8. The van der Waals surface area contributed by atoms with Crippen LogP contribution in [-0.2, 0) is 0 Å². The molecule has 2 aromatic heterocycles. The molecule has 8 heteroatoms. The molecular formula is C15H15N5O2S. The van der Waals surface area contributed by atoms with Crippen molar-refractivity contribution in [3.05, 3.63) is 40.9 Å². The van der Waals surface area contributed by atoms with E-state index in [2.05, 4.69) is 15.0 Å². The van der Waals surface area contributed by atoms with Gasteiger partial charge < -0.3 is 9.80 Å². The van der Waals surface area contributed by atoms with Crippen LogP contribution in [0.5, 0.6) is 0 Å². The molecule has 23 heavy (non-hydrogen) atoms. The molecule has 2 aliphatic heterocycles. The largest absolute Gasteiger partial charge is 0.337 e. The highest BCUT2D eigenvalue weighted by Crippen LogP contribution is 2.32. The highest BCUT2D eigenvalue weighted by atomic mass is 32.1. The number of amides is 2. The summed E-state index contributed by atoms with van der Waals surface area (Å²) in [5.74, 6) is 0.578. The van der Waals surface area contributed by atoms with Gasteiger partial charge in [0.25, 0.3) is 11.8 Å². The second-order valence-corrected chi connectivity index (χ2v) is 6.62. The third-order valence-electron chi connectivity index (χ3n) is 4.49. The van der Waals surface area contributed by atoms with Gasteiger partial charge in [0, 0.05) is 55.8 Å². The van der Waals surface area contributed by atoms with Gasteiger partial charge in [-0.05, 0) is 0 Å². The Morgan fingerprint density at radius 2 is 1.61 bits per heavy atom. The lowest BCUT2D eigenvalue weighted by atomic mass is 10.0. The maximum absolute atomic E-state index is 12.4. The smallest absolute Gasteiger partial charge is 0.274 e. The molecule has 0 radical (unpaired) electrons. The Balaban J connectivity index is 1.40. The van der Waals surface area contributed by atoms with Crippen LogP contribution in [-0.4, -0.2) is 62.7 Å². The minimum absolute atomic E-state index is 0.00699. The van der Waals surface area contributed by atoms with Crippen LogP contribution in [0, 0.1) is 11.8 Å². The van der Waals surface area contributed by atoms with Crippen molar-refractivity contribution in [3.8, 4) is 0 Å². The van der Waals surface area contributed by atoms with Crippen molar-refractivity contribution in [2.45, 2.75) is 0 Å². The summed E-state index contributed by atoms with van der Waals surface area (Å²) in [6.45, 7) is 2.71. The number of rotatable bonds is 2. The molecule has 4 heterocycles. The maximum Gasteiger partial charge on any atom is 0.274 e. The van der Waals surface area contributed by atoms with E-state index in [0.717, 1.165) is 0 Å². The number of aromatic nitrogens is 3. The fourth-order valence-electron chi connectivity index (χ4n) is 3.38. The zero-order valence-corrected chi connectivity index (χ0v) is 13.1. The number of carbonyl (C=O) groups excluding carboxylic acids is 2. The van der Waals surface area contributed by atoms with Crippen LogP contribution < -0.4 is 0 Å². The number of likely N-dealkylation sites (tertiary alicyclic amines) is 2. The summed E-state index contributed by atoms with van der Waals surface area (Å²) in [6.07, 6.45) is 4.57. The van der Waals surface area contributed by atoms with Gasteiger partial charge in [-0.2, -0.15) is 0 Å². The third kappa shape index (κ3) is 2.59. The molecule has 0 saturated carbocycles. The Labute approximate surface area is 137 Å². The van der Waals surface area contributed by atoms with Crippen LogP contribution in [0.4, 0.5) is 0 Å². The normalized spacial score (nSPS) is 23.1. The van der Waals surface area contributed by atoms with Crippen molar-refractivity contribution in [2.24, 2.45) is 11.8 Å². The SMILES string of the molecule is O=C(c1cnccn1)N1C[C@H]2CN(C(=O)c3cscn3)C[C@@H]2C1. The highest BCUT2D eigenvalue weighted by molar-refractivity contribution is 7.07. The molecule has 2 atom stereocenters. The number of hydrogen-bond donors (Lipinski definition) is 0. The summed E-state index contributed by atoms with van der Waals surface area (Å²) in [5.41, 5.74) is 2.57. The van der Waals surface area contributed by atoms with Gasteiger partial charge in [-0.3, -0.25) is 14.6 Å². The summed E-state index contributed by atoms with van der Waals surface area (Å²) < 4.78 is 0. The average Bonchev–Trinajstić information content (AvgIpc) is 3.29. The van der Waals surface area contributed by atoms with E-state index in [1.807, 2.05) is 9.80 Å². The van der Waals surface area contributed by atoms with Crippen LogP contribution in [0.1, 0.15) is 21.0 Å². The van der Waals surface area contributed by atoms with Crippen molar-refractivity contribution >= 4 is 23.2 Å². The van der Waals surface area contributed by atoms with Crippen LogP contribution in [0.25, 0.3) is 0 Å². The fraction of sp³-hybridized carbons (Fsp3) is 0.400. The quantitative estimate of drug-likeness (QED) is 0.813. The monoisotopic (exact) mass is 329 g/mol. The molecule has 0 aliphatic carbocycles. The Hall–Kier alpha value is -2.35. The van der Waals surface area contributed by atoms with Gasteiger partial charge in [0.1, 0.15) is 11.4 Å². The van der Waals surface area contributed by atoms with E-state index in [9.17, 15) is 9.59 Å². The molecule has 2 fully saturated rings. The predicted octanol–water partition coefficient (Wildman–Crippen LogP) is 0.777. The molecule has 2 aliphatic rings. The summed E-state index contributed by atoms with van der Waals surface area (Å²) in [4.78, 5) is 40.5. The molecule has 2 amide bonds. The van der Waals surface area contributed by atoms with Crippen molar-refractivity contribution in [3.63, 3.8) is 0 Å². The van der Waals surface area contributed by atoms with E-state index in [-0.39, 0.29) is 11.8 Å². The summed E-state index contributed by atoms with van der Waals surface area (Å²) >= 11 is 1.43. The van der Waals surface area contributed by atoms with Crippen molar-refractivity contribution in [1.29, 1.82) is 0 Å². The zero-order valence-electron chi connectivity index (χ0n) is 12.3. The second kappa shape index (κ2) is 5.69. The number of nitrogens with zero attached hydrogens (tertiary/aromatic N) is 5. The molecule has 0 unspecified atom stereocenters. The molecular weight excluding hydrogens is 314 g/mol. The van der Waals surface area contributed by atoms with E-state index in [4.69, 9.17) is 0 Å². The van der Waals surface area contributed by atoms with E-state index in [1.165, 1.54) is 23.7 Å². The first-order valence-corrected chi connectivity index (χ1v) is 8.39. The lowest BCUT2D eigenvalue weighted by Crippen LogP contribution is -2.36. The Kier molecular flexibility index (Phi) is 3.53. The molecule has 0 spiro atoms. The molecule has 118 valence electrons. The number of thiazole rings is 1.